The first kappa shape index (κ1) is 14.7. The van der Waals surface area contributed by atoms with Crippen LogP contribution in [0.2, 0.25) is 0 Å². The van der Waals surface area contributed by atoms with E-state index in [2.05, 4.69) is 11.4 Å². The Morgan fingerprint density at radius 2 is 1.92 bits per heavy atom. The zero-order valence-corrected chi connectivity index (χ0v) is 13.5. The topological polar surface area (TPSA) is 51.1 Å². The molecule has 0 fully saturated rings. The normalized spacial score (nSPS) is 13.0. The van der Waals surface area contributed by atoms with Gasteiger partial charge in [0.1, 0.15) is 5.56 Å². The van der Waals surface area contributed by atoms with Gasteiger partial charge in [-0.15, -0.1) is 0 Å². The van der Waals surface area contributed by atoms with Crippen molar-refractivity contribution in [3.63, 3.8) is 0 Å². The number of nitrogens with zero attached hydrogens (tertiary/aromatic N) is 1. The molecule has 1 aromatic heterocycles. The van der Waals surface area contributed by atoms with Crippen LogP contribution < -0.4 is 10.7 Å². The lowest BCUT2D eigenvalue weighted by atomic mass is 9.99. The van der Waals surface area contributed by atoms with E-state index in [9.17, 15) is 9.59 Å². The standard InChI is InChI=1S/C20H18N2O2/c1-13-7-9-15(10-8-13)21-20(24)17-12-22-11-3-5-14-4-2-6-16(18(14)22)19(17)23/h2,4,6-10,12H,3,5,11H2,1H3,(H,21,24). The first-order valence-corrected chi connectivity index (χ1v) is 8.16. The van der Waals surface area contributed by atoms with Crippen LogP contribution in [0.3, 0.4) is 0 Å². The molecule has 4 rings (SSSR count). The lowest BCUT2D eigenvalue weighted by Gasteiger charge is -2.20. The first-order chi connectivity index (χ1) is 11.6. The highest BCUT2D eigenvalue weighted by Crippen LogP contribution is 2.23. The van der Waals surface area contributed by atoms with Crippen molar-refractivity contribution in [1.29, 1.82) is 0 Å². The Morgan fingerprint density at radius 3 is 2.71 bits per heavy atom. The number of rotatable bonds is 2. The molecule has 0 atom stereocenters. The molecule has 2 aromatic carbocycles. The van der Waals surface area contributed by atoms with E-state index in [1.807, 2.05) is 47.9 Å². The van der Waals surface area contributed by atoms with Gasteiger partial charge in [-0.1, -0.05) is 29.8 Å². The number of benzene rings is 2. The van der Waals surface area contributed by atoms with Gasteiger partial charge in [-0.05, 0) is 43.5 Å². The van der Waals surface area contributed by atoms with Crippen LogP contribution in [0.15, 0.2) is 53.5 Å². The molecule has 0 radical (unpaired) electrons. The second kappa shape index (κ2) is 5.64. The minimum absolute atomic E-state index is 0.196. The molecule has 3 aromatic rings. The van der Waals surface area contributed by atoms with Crippen molar-refractivity contribution < 1.29 is 4.79 Å². The summed E-state index contributed by atoms with van der Waals surface area (Å²) in [5.74, 6) is -0.356. The highest BCUT2D eigenvalue weighted by atomic mass is 16.2. The Balaban J connectivity index is 1.80. The molecule has 120 valence electrons. The molecule has 1 amide bonds. The molecule has 1 aliphatic rings. The molecule has 1 N–H and O–H groups in total. The number of carbonyl (C=O) groups excluding carboxylic acids is 1. The van der Waals surface area contributed by atoms with Crippen LogP contribution in [0.5, 0.6) is 0 Å². The van der Waals surface area contributed by atoms with Crippen molar-refractivity contribution in [2.24, 2.45) is 0 Å². The molecule has 24 heavy (non-hydrogen) atoms. The van der Waals surface area contributed by atoms with Gasteiger partial charge in [0, 0.05) is 23.8 Å². The lowest BCUT2D eigenvalue weighted by Crippen LogP contribution is -2.25. The fraction of sp³-hybridized carbons (Fsp3) is 0.200. The summed E-state index contributed by atoms with van der Waals surface area (Å²) in [5.41, 5.74) is 3.96. The van der Waals surface area contributed by atoms with Crippen LogP contribution in [0.25, 0.3) is 10.9 Å². The first-order valence-electron chi connectivity index (χ1n) is 8.16. The van der Waals surface area contributed by atoms with Crippen molar-refractivity contribution in [2.45, 2.75) is 26.3 Å². The zero-order chi connectivity index (χ0) is 16.7. The summed E-state index contributed by atoms with van der Waals surface area (Å²) >= 11 is 0. The minimum Gasteiger partial charge on any atom is -0.346 e. The lowest BCUT2D eigenvalue weighted by molar-refractivity contribution is 0.102. The van der Waals surface area contributed by atoms with Crippen LogP contribution in [-0.4, -0.2) is 10.5 Å². The van der Waals surface area contributed by atoms with Crippen LogP contribution >= 0.6 is 0 Å². The molecule has 4 heteroatoms. The molecule has 0 saturated carbocycles. The van der Waals surface area contributed by atoms with Gasteiger partial charge in [0.2, 0.25) is 5.43 Å². The third-order valence-electron chi connectivity index (χ3n) is 4.58. The fourth-order valence-electron chi connectivity index (χ4n) is 3.35. The molecule has 2 heterocycles. The van der Waals surface area contributed by atoms with E-state index in [0.29, 0.717) is 11.1 Å². The quantitative estimate of drug-likeness (QED) is 0.786. The number of aryl methyl sites for hydroxylation is 3. The minimum atomic E-state index is -0.356. The second-order valence-corrected chi connectivity index (χ2v) is 6.30. The number of hydrogen-bond acceptors (Lipinski definition) is 2. The highest BCUT2D eigenvalue weighted by molar-refractivity contribution is 6.06. The molecule has 0 bridgehead atoms. The molecular formula is C20H18N2O2. The summed E-state index contributed by atoms with van der Waals surface area (Å²) in [5, 5.41) is 3.45. The van der Waals surface area contributed by atoms with Gasteiger partial charge >= 0.3 is 0 Å². The Kier molecular flexibility index (Phi) is 3.45. The summed E-state index contributed by atoms with van der Waals surface area (Å²) in [6.07, 6.45) is 3.70. The average Bonchev–Trinajstić information content (AvgIpc) is 2.60. The summed E-state index contributed by atoms with van der Waals surface area (Å²) in [6, 6.07) is 13.3. The number of carbonyl (C=O) groups is 1. The third kappa shape index (κ3) is 2.40. The van der Waals surface area contributed by atoms with E-state index < -0.39 is 0 Å². The summed E-state index contributed by atoms with van der Waals surface area (Å²) in [7, 11) is 0. The van der Waals surface area contributed by atoms with Gasteiger partial charge < -0.3 is 9.88 Å². The van der Waals surface area contributed by atoms with E-state index in [1.54, 1.807) is 6.20 Å². The second-order valence-electron chi connectivity index (χ2n) is 6.30. The summed E-state index contributed by atoms with van der Waals surface area (Å²) in [4.78, 5) is 25.4. The van der Waals surface area contributed by atoms with Gasteiger partial charge in [0.25, 0.3) is 5.91 Å². The van der Waals surface area contributed by atoms with E-state index in [1.165, 1.54) is 5.56 Å². The van der Waals surface area contributed by atoms with E-state index in [-0.39, 0.29) is 16.9 Å². The fourth-order valence-corrected chi connectivity index (χ4v) is 3.35. The smallest absolute Gasteiger partial charge is 0.261 e. The maximum absolute atomic E-state index is 12.8. The van der Waals surface area contributed by atoms with E-state index >= 15 is 0 Å². The monoisotopic (exact) mass is 318 g/mol. The van der Waals surface area contributed by atoms with Gasteiger partial charge in [0.05, 0.1) is 5.52 Å². The van der Waals surface area contributed by atoms with Gasteiger partial charge in [-0.25, -0.2) is 0 Å². The van der Waals surface area contributed by atoms with Gasteiger partial charge in [0.15, 0.2) is 0 Å². The average molecular weight is 318 g/mol. The van der Waals surface area contributed by atoms with Crippen molar-refractivity contribution in [3.8, 4) is 0 Å². The predicted molar refractivity (Wildman–Crippen MR) is 95.7 cm³/mol. The third-order valence-corrected chi connectivity index (χ3v) is 4.58. The number of nitrogens with one attached hydrogen (secondary N) is 1. The van der Waals surface area contributed by atoms with E-state index in [4.69, 9.17) is 0 Å². The van der Waals surface area contributed by atoms with Crippen LogP contribution in [-0.2, 0) is 13.0 Å². The molecule has 0 spiro atoms. The van der Waals surface area contributed by atoms with Crippen molar-refractivity contribution in [1.82, 2.24) is 4.57 Å². The number of pyridine rings is 1. The van der Waals surface area contributed by atoms with Gasteiger partial charge in [-0.2, -0.15) is 0 Å². The van der Waals surface area contributed by atoms with Crippen LogP contribution in [0.1, 0.15) is 27.9 Å². The van der Waals surface area contributed by atoms with Gasteiger partial charge in [-0.3, -0.25) is 9.59 Å². The predicted octanol–water partition coefficient (Wildman–Crippen LogP) is 3.51. The Morgan fingerprint density at radius 1 is 1.12 bits per heavy atom. The number of anilines is 1. The molecule has 0 aliphatic carbocycles. The number of para-hydroxylation sites is 1. The van der Waals surface area contributed by atoms with Crippen molar-refractivity contribution >= 4 is 22.5 Å². The van der Waals surface area contributed by atoms with Crippen LogP contribution in [0, 0.1) is 6.92 Å². The molecule has 1 aliphatic heterocycles. The van der Waals surface area contributed by atoms with Crippen LogP contribution in [0.4, 0.5) is 5.69 Å². The summed E-state index contributed by atoms with van der Waals surface area (Å²) < 4.78 is 2.04. The maximum Gasteiger partial charge on any atom is 0.261 e. The van der Waals surface area contributed by atoms with E-state index in [0.717, 1.165) is 30.5 Å². The van der Waals surface area contributed by atoms with Crippen molar-refractivity contribution in [2.75, 3.05) is 5.32 Å². The summed E-state index contributed by atoms with van der Waals surface area (Å²) in [6.45, 7) is 2.82. The molecule has 0 saturated heterocycles. The number of amides is 1. The number of aromatic nitrogens is 1. The zero-order valence-electron chi connectivity index (χ0n) is 13.5. The Hall–Kier alpha value is -2.88. The SMILES string of the molecule is Cc1ccc(NC(=O)c2cn3c4c(cccc4c2=O)CCC3)cc1. The number of hydrogen-bond donors (Lipinski definition) is 1. The van der Waals surface area contributed by atoms with Crippen molar-refractivity contribution in [3.05, 3.63) is 75.6 Å². The largest absolute Gasteiger partial charge is 0.346 e. The Labute approximate surface area is 139 Å². The molecule has 4 nitrogen and oxygen atoms in total. The Bertz CT molecular complexity index is 1000. The highest BCUT2D eigenvalue weighted by Gasteiger charge is 2.19. The molecule has 0 unspecified atom stereocenters. The molecular weight excluding hydrogens is 300 g/mol. The maximum atomic E-state index is 12.8.